The van der Waals surface area contributed by atoms with Crippen LogP contribution in [-0.2, 0) is 36.9 Å². The molecule has 158 valence electrons. The molecule has 0 aliphatic carbocycles. The van der Waals surface area contributed by atoms with Gasteiger partial charge in [0.1, 0.15) is 17.8 Å². The fraction of sp³-hybridized carbons (Fsp3) is 0.458. The first kappa shape index (κ1) is 21.0. The zero-order chi connectivity index (χ0) is 21.0. The van der Waals surface area contributed by atoms with E-state index in [1.165, 1.54) is 0 Å². The number of nitrogens with zero attached hydrogens (tertiary/aromatic N) is 1. The Kier molecular flexibility index (Phi) is 6.19. The van der Waals surface area contributed by atoms with Gasteiger partial charge in [0.25, 0.3) is 0 Å². The van der Waals surface area contributed by atoms with E-state index in [0.717, 1.165) is 11.1 Å². The van der Waals surface area contributed by atoms with Gasteiger partial charge in [0.2, 0.25) is 0 Å². The molecule has 2 aromatic carbocycles. The summed E-state index contributed by atoms with van der Waals surface area (Å²) in [5, 5.41) is 9.55. The van der Waals surface area contributed by atoms with Crippen molar-refractivity contribution >= 4 is 0 Å². The van der Waals surface area contributed by atoms with Gasteiger partial charge in [0, 0.05) is 0 Å². The number of rotatable bonds is 8. The first-order valence-electron chi connectivity index (χ1n) is 10.2. The summed E-state index contributed by atoms with van der Waals surface area (Å²) in [6.45, 7) is 4.70. The fourth-order valence-electron chi connectivity index (χ4n) is 4.02. The summed E-state index contributed by atoms with van der Waals surface area (Å²) in [7, 11) is 0. The monoisotopic (exact) mass is 409 g/mol. The lowest BCUT2D eigenvalue weighted by molar-refractivity contribution is -0.253. The normalized spacial score (nSPS) is 29.4. The van der Waals surface area contributed by atoms with E-state index in [9.17, 15) is 5.26 Å². The summed E-state index contributed by atoms with van der Waals surface area (Å²) >= 11 is 0. The van der Waals surface area contributed by atoms with Gasteiger partial charge < -0.3 is 23.7 Å². The highest BCUT2D eigenvalue weighted by Crippen LogP contribution is 2.45. The SMILES string of the molecule is CC1(C)O[C@H]2OC(CC#N)(COCc3ccccc3)[C@@H](OCc3ccccc3)[C@H]2O1. The van der Waals surface area contributed by atoms with Crippen molar-refractivity contribution < 1.29 is 23.7 Å². The minimum Gasteiger partial charge on any atom is -0.374 e. The van der Waals surface area contributed by atoms with Crippen LogP contribution < -0.4 is 0 Å². The molecule has 0 bridgehead atoms. The largest absolute Gasteiger partial charge is 0.374 e. The van der Waals surface area contributed by atoms with Gasteiger partial charge in [0.15, 0.2) is 12.1 Å². The number of hydrogen-bond acceptors (Lipinski definition) is 6. The molecule has 0 amide bonds. The number of fused-ring (bicyclic) bond motifs is 1. The molecule has 0 radical (unpaired) electrons. The van der Waals surface area contributed by atoms with Gasteiger partial charge >= 0.3 is 0 Å². The van der Waals surface area contributed by atoms with Gasteiger partial charge in [-0.05, 0) is 25.0 Å². The highest BCUT2D eigenvalue weighted by molar-refractivity contribution is 5.15. The molecular weight excluding hydrogens is 382 g/mol. The lowest BCUT2D eigenvalue weighted by Gasteiger charge is -2.35. The Morgan fingerprint density at radius 1 is 0.900 bits per heavy atom. The van der Waals surface area contributed by atoms with Crippen molar-refractivity contribution in [1.82, 2.24) is 0 Å². The second-order valence-corrected chi connectivity index (χ2v) is 8.18. The van der Waals surface area contributed by atoms with Crippen LogP contribution in [0.4, 0.5) is 0 Å². The summed E-state index contributed by atoms with van der Waals surface area (Å²) in [5.74, 6) is -0.770. The second kappa shape index (κ2) is 8.84. The number of benzene rings is 2. The van der Waals surface area contributed by atoms with Crippen LogP contribution in [-0.4, -0.2) is 36.5 Å². The molecule has 6 nitrogen and oxygen atoms in total. The minimum atomic E-state index is -0.968. The average Bonchev–Trinajstić information content (AvgIpc) is 3.17. The molecule has 1 unspecified atom stereocenters. The van der Waals surface area contributed by atoms with Crippen molar-refractivity contribution in [2.45, 2.75) is 63.4 Å². The smallest absolute Gasteiger partial charge is 0.190 e. The van der Waals surface area contributed by atoms with Crippen molar-refractivity contribution in [3.63, 3.8) is 0 Å². The zero-order valence-electron chi connectivity index (χ0n) is 17.3. The Labute approximate surface area is 177 Å². The van der Waals surface area contributed by atoms with Crippen LogP contribution in [0.2, 0.25) is 0 Å². The summed E-state index contributed by atoms with van der Waals surface area (Å²) in [4.78, 5) is 0. The standard InChI is InChI=1S/C24H27NO5/c1-23(2)28-20-21(27-16-19-11-7-4-8-12-19)24(13-14-25,30-22(20)29-23)17-26-15-18-9-5-3-6-10-18/h3-12,20-22H,13,15-17H2,1-2H3/t20-,21+,22+,24?/m1/s1. The van der Waals surface area contributed by atoms with E-state index in [-0.39, 0.29) is 13.0 Å². The molecule has 6 heteroatoms. The van der Waals surface area contributed by atoms with Crippen LogP contribution in [0.15, 0.2) is 60.7 Å². The maximum atomic E-state index is 9.55. The van der Waals surface area contributed by atoms with Crippen molar-refractivity contribution in [2.75, 3.05) is 6.61 Å². The van der Waals surface area contributed by atoms with E-state index in [0.29, 0.717) is 13.2 Å². The Hall–Kier alpha value is -2.27. The van der Waals surface area contributed by atoms with Crippen molar-refractivity contribution in [2.24, 2.45) is 0 Å². The van der Waals surface area contributed by atoms with E-state index in [4.69, 9.17) is 23.7 Å². The van der Waals surface area contributed by atoms with Crippen LogP contribution in [0.3, 0.4) is 0 Å². The topological polar surface area (TPSA) is 69.9 Å². The van der Waals surface area contributed by atoms with E-state index in [1.54, 1.807) is 0 Å². The third-order valence-electron chi connectivity index (χ3n) is 5.36. The number of hydrogen-bond donors (Lipinski definition) is 0. The van der Waals surface area contributed by atoms with Crippen LogP contribution in [0, 0.1) is 11.3 Å². The third-order valence-corrected chi connectivity index (χ3v) is 5.36. The average molecular weight is 409 g/mol. The summed E-state index contributed by atoms with van der Waals surface area (Å²) in [6.07, 6.45) is -1.42. The van der Waals surface area contributed by atoms with Crippen LogP contribution in [0.1, 0.15) is 31.4 Å². The Morgan fingerprint density at radius 2 is 1.53 bits per heavy atom. The first-order chi connectivity index (χ1) is 14.5. The fourth-order valence-corrected chi connectivity index (χ4v) is 4.02. The van der Waals surface area contributed by atoms with E-state index >= 15 is 0 Å². The quantitative estimate of drug-likeness (QED) is 0.658. The van der Waals surface area contributed by atoms with Crippen molar-refractivity contribution in [1.29, 1.82) is 5.26 Å². The van der Waals surface area contributed by atoms with E-state index < -0.39 is 29.9 Å². The maximum absolute atomic E-state index is 9.55. The van der Waals surface area contributed by atoms with Gasteiger partial charge in [0.05, 0.1) is 32.3 Å². The summed E-state index contributed by atoms with van der Waals surface area (Å²) in [5.41, 5.74) is 1.12. The summed E-state index contributed by atoms with van der Waals surface area (Å²) < 4.78 is 30.6. The Balaban J connectivity index is 1.52. The van der Waals surface area contributed by atoms with Crippen LogP contribution in [0.25, 0.3) is 0 Å². The van der Waals surface area contributed by atoms with Crippen molar-refractivity contribution in [3.05, 3.63) is 71.8 Å². The highest BCUT2D eigenvalue weighted by Gasteiger charge is 2.62. The molecule has 2 aromatic rings. The number of nitriles is 1. The number of ether oxygens (including phenoxy) is 5. The van der Waals surface area contributed by atoms with E-state index in [2.05, 4.69) is 6.07 Å². The second-order valence-electron chi connectivity index (χ2n) is 8.18. The molecule has 2 aliphatic rings. The highest BCUT2D eigenvalue weighted by atomic mass is 16.8. The lowest BCUT2D eigenvalue weighted by Crippen LogP contribution is -2.49. The van der Waals surface area contributed by atoms with Gasteiger partial charge in [-0.1, -0.05) is 60.7 Å². The molecule has 2 heterocycles. The molecular formula is C24H27NO5. The van der Waals surface area contributed by atoms with Crippen LogP contribution in [0.5, 0.6) is 0 Å². The molecule has 0 saturated carbocycles. The zero-order valence-corrected chi connectivity index (χ0v) is 17.3. The molecule has 2 aliphatic heterocycles. The lowest BCUT2D eigenvalue weighted by atomic mass is 9.92. The maximum Gasteiger partial charge on any atom is 0.190 e. The molecule has 0 aromatic heterocycles. The van der Waals surface area contributed by atoms with Crippen molar-refractivity contribution in [3.8, 4) is 6.07 Å². The predicted molar refractivity (Wildman–Crippen MR) is 109 cm³/mol. The molecule has 2 saturated heterocycles. The van der Waals surface area contributed by atoms with Gasteiger partial charge in [-0.25, -0.2) is 0 Å². The van der Waals surface area contributed by atoms with E-state index in [1.807, 2.05) is 74.5 Å². The van der Waals surface area contributed by atoms with Gasteiger partial charge in [-0.3, -0.25) is 0 Å². The summed E-state index contributed by atoms with van der Waals surface area (Å²) in [6, 6.07) is 22.0. The Morgan fingerprint density at radius 3 is 2.17 bits per heavy atom. The molecule has 2 fully saturated rings. The van der Waals surface area contributed by atoms with Gasteiger partial charge in [-0.2, -0.15) is 5.26 Å². The molecule has 4 rings (SSSR count). The minimum absolute atomic E-state index is 0.112. The molecule has 30 heavy (non-hydrogen) atoms. The van der Waals surface area contributed by atoms with Gasteiger partial charge in [-0.15, -0.1) is 0 Å². The Bertz CT molecular complexity index is 866. The molecule has 0 N–H and O–H groups in total. The first-order valence-corrected chi connectivity index (χ1v) is 10.2. The molecule has 4 atom stereocenters. The predicted octanol–water partition coefficient (Wildman–Crippen LogP) is 3.95. The van der Waals surface area contributed by atoms with Crippen LogP contribution >= 0.6 is 0 Å². The molecule has 0 spiro atoms. The third kappa shape index (κ3) is 4.56.